The lowest BCUT2D eigenvalue weighted by atomic mass is 9.93. The average molecular weight is 410 g/mol. The molecule has 2 heterocycles. The van der Waals surface area contributed by atoms with Crippen molar-refractivity contribution in [2.75, 3.05) is 23.3 Å². The van der Waals surface area contributed by atoms with E-state index in [-0.39, 0.29) is 0 Å². The van der Waals surface area contributed by atoms with Crippen LogP contribution in [0.25, 0.3) is 0 Å². The van der Waals surface area contributed by atoms with Crippen LogP contribution in [0.2, 0.25) is 10.0 Å². The zero-order valence-corrected chi connectivity index (χ0v) is 16.6. The van der Waals surface area contributed by atoms with Crippen LogP contribution >= 0.6 is 23.2 Å². The Labute approximate surface area is 167 Å². The van der Waals surface area contributed by atoms with Gasteiger partial charge in [-0.2, -0.15) is 0 Å². The van der Waals surface area contributed by atoms with Crippen LogP contribution in [0.5, 0.6) is 0 Å². The maximum absolute atomic E-state index is 11.0. The Kier molecular flexibility index (Phi) is 5.62. The summed E-state index contributed by atoms with van der Waals surface area (Å²) in [7, 11) is 0. The standard InChI is InChI=1S/C18H21Cl2N5O2/c1-11-16(24-13-5-3-4-12(19)15(13)20)22-10-14(23-11)25-8-6-18(2,7-9-25)27-17(21)26/h3-5,10H,6-9H2,1-2H3,(H2,21,26)(H,22,24). The van der Waals surface area contributed by atoms with Gasteiger partial charge in [-0.1, -0.05) is 29.3 Å². The maximum Gasteiger partial charge on any atom is 0.405 e. The van der Waals surface area contributed by atoms with Gasteiger partial charge in [0.25, 0.3) is 0 Å². The van der Waals surface area contributed by atoms with E-state index < -0.39 is 11.7 Å². The van der Waals surface area contributed by atoms with Gasteiger partial charge in [-0.3, -0.25) is 0 Å². The first kappa shape index (κ1) is 19.5. The lowest BCUT2D eigenvalue weighted by Gasteiger charge is -2.38. The Morgan fingerprint density at radius 2 is 2.04 bits per heavy atom. The van der Waals surface area contributed by atoms with Crippen molar-refractivity contribution in [3.63, 3.8) is 0 Å². The number of aromatic nitrogens is 2. The topological polar surface area (TPSA) is 93.4 Å². The van der Waals surface area contributed by atoms with Crippen LogP contribution in [0.3, 0.4) is 0 Å². The van der Waals surface area contributed by atoms with Crippen LogP contribution in [0, 0.1) is 6.92 Å². The summed E-state index contributed by atoms with van der Waals surface area (Å²) in [5.74, 6) is 1.39. The molecule has 2 aromatic rings. The van der Waals surface area contributed by atoms with Gasteiger partial charge in [0, 0.05) is 25.9 Å². The summed E-state index contributed by atoms with van der Waals surface area (Å²) < 4.78 is 5.24. The van der Waals surface area contributed by atoms with E-state index in [0.29, 0.717) is 47.5 Å². The third-order valence-corrected chi connectivity index (χ3v) is 5.45. The van der Waals surface area contributed by atoms with Gasteiger partial charge in [-0.05, 0) is 26.0 Å². The molecule has 9 heteroatoms. The first-order valence-corrected chi connectivity index (χ1v) is 9.31. The number of anilines is 3. The number of halogens is 2. The van der Waals surface area contributed by atoms with Crippen molar-refractivity contribution in [1.29, 1.82) is 0 Å². The number of primary amides is 1. The largest absolute Gasteiger partial charge is 0.443 e. The number of nitrogens with zero attached hydrogens (tertiary/aromatic N) is 3. The molecule has 3 N–H and O–H groups in total. The van der Waals surface area contributed by atoms with E-state index in [9.17, 15) is 4.79 Å². The maximum atomic E-state index is 11.0. The van der Waals surface area contributed by atoms with E-state index in [1.165, 1.54) is 0 Å². The van der Waals surface area contributed by atoms with E-state index in [1.807, 2.05) is 26.0 Å². The molecule has 3 rings (SSSR count). The van der Waals surface area contributed by atoms with Gasteiger partial charge in [0.1, 0.15) is 11.4 Å². The van der Waals surface area contributed by atoms with E-state index in [4.69, 9.17) is 33.7 Å². The average Bonchev–Trinajstić information content (AvgIpc) is 2.60. The summed E-state index contributed by atoms with van der Waals surface area (Å²) in [5.41, 5.74) is 6.03. The molecule has 0 aliphatic carbocycles. The highest BCUT2D eigenvalue weighted by Crippen LogP contribution is 2.32. The van der Waals surface area contributed by atoms with E-state index >= 15 is 0 Å². The van der Waals surface area contributed by atoms with Crippen molar-refractivity contribution in [3.05, 3.63) is 40.1 Å². The monoisotopic (exact) mass is 409 g/mol. The summed E-state index contributed by atoms with van der Waals surface area (Å²) in [6, 6.07) is 5.36. The Bertz CT molecular complexity index is 854. The number of hydrogen-bond acceptors (Lipinski definition) is 6. The Balaban J connectivity index is 1.70. The number of nitrogens with two attached hydrogens (primary N) is 1. The third kappa shape index (κ3) is 4.54. The number of hydrogen-bond donors (Lipinski definition) is 2. The summed E-state index contributed by atoms with van der Waals surface area (Å²) in [6.45, 7) is 5.17. The number of carbonyl (C=O) groups is 1. The minimum absolute atomic E-state index is 0.439. The molecule has 1 aliphatic rings. The highest BCUT2D eigenvalue weighted by atomic mass is 35.5. The molecular weight excluding hydrogens is 389 g/mol. The van der Waals surface area contributed by atoms with E-state index in [2.05, 4.69) is 20.2 Å². The fourth-order valence-corrected chi connectivity index (χ4v) is 3.37. The van der Waals surface area contributed by atoms with E-state index in [1.54, 1.807) is 12.3 Å². The summed E-state index contributed by atoms with van der Waals surface area (Å²) in [5, 5.41) is 4.08. The van der Waals surface area contributed by atoms with Crippen molar-refractivity contribution in [1.82, 2.24) is 9.97 Å². The van der Waals surface area contributed by atoms with Crippen LogP contribution in [0.1, 0.15) is 25.5 Å². The van der Waals surface area contributed by atoms with Crippen LogP contribution in [0.4, 0.5) is 22.1 Å². The van der Waals surface area contributed by atoms with Gasteiger partial charge in [-0.25, -0.2) is 14.8 Å². The molecule has 27 heavy (non-hydrogen) atoms. The number of carbonyl (C=O) groups excluding carboxylic acids is 1. The molecule has 1 aliphatic heterocycles. The second-order valence-electron chi connectivity index (χ2n) is 6.75. The molecule has 0 bridgehead atoms. The molecule has 1 aromatic carbocycles. The van der Waals surface area contributed by atoms with Crippen LogP contribution < -0.4 is 16.0 Å². The number of rotatable bonds is 4. The van der Waals surface area contributed by atoms with Gasteiger partial charge in [0.05, 0.1) is 27.6 Å². The molecule has 1 fully saturated rings. The molecule has 0 spiro atoms. The van der Waals surface area contributed by atoms with Crippen molar-refractivity contribution in [3.8, 4) is 0 Å². The second kappa shape index (κ2) is 7.78. The molecule has 1 saturated heterocycles. The van der Waals surface area contributed by atoms with Crippen molar-refractivity contribution in [2.45, 2.75) is 32.3 Å². The fourth-order valence-electron chi connectivity index (χ4n) is 3.03. The lowest BCUT2D eigenvalue weighted by Crippen LogP contribution is -2.46. The van der Waals surface area contributed by atoms with Crippen LogP contribution in [-0.4, -0.2) is 34.8 Å². The van der Waals surface area contributed by atoms with Crippen molar-refractivity contribution >= 4 is 46.6 Å². The molecule has 0 radical (unpaired) electrons. The first-order chi connectivity index (χ1) is 12.8. The SMILES string of the molecule is Cc1nc(N2CCC(C)(OC(N)=O)CC2)cnc1Nc1cccc(Cl)c1Cl. The Hall–Kier alpha value is -2.25. The Morgan fingerprint density at radius 1 is 1.33 bits per heavy atom. The third-order valence-electron chi connectivity index (χ3n) is 4.63. The fraction of sp³-hybridized carbons (Fsp3) is 0.389. The zero-order chi connectivity index (χ0) is 19.6. The lowest BCUT2D eigenvalue weighted by molar-refractivity contribution is 0.0126. The quantitative estimate of drug-likeness (QED) is 0.781. The number of aryl methyl sites for hydroxylation is 1. The number of piperidine rings is 1. The molecule has 1 aromatic heterocycles. The summed E-state index contributed by atoms with van der Waals surface area (Å²) in [6.07, 6.45) is 2.33. The van der Waals surface area contributed by atoms with Crippen LogP contribution in [-0.2, 0) is 4.74 Å². The molecular formula is C18H21Cl2N5O2. The molecule has 7 nitrogen and oxygen atoms in total. The summed E-state index contributed by atoms with van der Waals surface area (Å²) >= 11 is 12.3. The van der Waals surface area contributed by atoms with Gasteiger partial charge in [0.15, 0.2) is 5.82 Å². The molecule has 0 saturated carbocycles. The van der Waals surface area contributed by atoms with Crippen molar-refractivity contribution < 1.29 is 9.53 Å². The van der Waals surface area contributed by atoms with Gasteiger partial charge in [0.2, 0.25) is 0 Å². The number of benzene rings is 1. The molecule has 144 valence electrons. The Morgan fingerprint density at radius 3 is 2.67 bits per heavy atom. The zero-order valence-electron chi connectivity index (χ0n) is 15.1. The predicted octanol–water partition coefficient (Wildman–Crippen LogP) is 4.29. The van der Waals surface area contributed by atoms with Crippen molar-refractivity contribution in [2.24, 2.45) is 5.73 Å². The minimum Gasteiger partial charge on any atom is -0.443 e. The minimum atomic E-state index is -0.739. The smallest absolute Gasteiger partial charge is 0.405 e. The highest BCUT2D eigenvalue weighted by molar-refractivity contribution is 6.43. The van der Waals surface area contributed by atoms with Gasteiger partial charge < -0.3 is 20.7 Å². The van der Waals surface area contributed by atoms with Gasteiger partial charge in [-0.15, -0.1) is 0 Å². The normalized spacial score (nSPS) is 16.1. The van der Waals surface area contributed by atoms with E-state index in [0.717, 1.165) is 11.5 Å². The number of amides is 1. The van der Waals surface area contributed by atoms with Gasteiger partial charge >= 0.3 is 6.09 Å². The number of nitrogens with one attached hydrogen (secondary N) is 1. The second-order valence-corrected chi connectivity index (χ2v) is 7.53. The molecule has 0 atom stereocenters. The number of ether oxygens (including phenoxy) is 1. The van der Waals surface area contributed by atoms with Crippen LogP contribution in [0.15, 0.2) is 24.4 Å². The predicted molar refractivity (Wildman–Crippen MR) is 107 cm³/mol. The highest BCUT2D eigenvalue weighted by Gasteiger charge is 2.33. The first-order valence-electron chi connectivity index (χ1n) is 8.55. The molecule has 0 unspecified atom stereocenters. The summed E-state index contributed by atoms with van der Waals surface area (Å²) in [4.78, 5) is 22.3. The molecule has 1 amide bonds.